The molecule has 0 radical (unpaired) electrons. The lowest BCUT2D eigenvalue weighted by atomic mass is 10.0. The molecule has 0 bridgehead atoms. The molecule has 0 aromatic carbocycles. The summed E-state index contributed by atoms with van der Waals surface area (Å²) in [6, 6.07) is 0. The van der Waals surface area contributed by atoms with Crippen molar-refractivity contribution in [3.8, 4) is 0 Å². The molecule has 25 heteroatoms. The first-order chi connectivity index (χ1) is 21.7. The van der Waals surface area contributed by atoms with Crippen LogP contribution in [0.4, 0.5) is 11.9 Å². The van der Waals surface area contributed by atoms with Crippen LogP contribution in [0.3, 0.4) is 0 Å². The van der Waals surface area contributed by atoms with Crippen molar-refractivity contribution in [3.05, 3.63) is 33.4 Å². The van der Waals surface area contributed by atoms with Gasteiger partial charge in [0.25, 0.3) is 26.8 Å². The normalized spacial score (nSPS) is 37.1. The molecule has 7 rings (SSSR count). The minimum absolute atomic E-state index is 0.0115. The molecule has 3 aliphatic rings. The number of fused-ring (bicyclic) bond motifs is 4. The van der Waals surface area contributed by atoms with Crippen LogP contribution < -0.4 is 32.4 Å². The number of nitrogen functional groups attached to an aromatic ring is 2. The number of rotatable bonds is 2. The molecule has 4 unspecified atom stereocenters. The summed E-state index contributed by atoms with van der Waals surface area (Å²) in [6.45, 7) is -0.143. The molecule has 23 nitrogen and oxygen atoms in total. The molecule has 3 saturated heterocycles. The standard InChI is InChI=1S/C21H26N10O13P2/c1-6-12-7(41-18(6)30-4-24-9-14(30)26-20(22)28-16(9)33)2-39-46(37,38)44-13-8(3-40-45(35,36)43-12)42-19(11(13)32)31-5-25-10-15(31)27-21(23)29-17(10)34/h4-8,11-13,18-19,32H,2-3H2,1H3,(H,35,36)(H,37,38)(H3,22,26,28,33)(H3,23,27,29,34)/p-2/t6?,7-,8-,11?,12-,13+,18-,19-/m1/s1. The van der Waals surface area contributed by atoms with Gasteiger partial charge in [-0.25, -0.2) is 9.97 Å². The summed E-state index contributed by atoms with van der Waals surface area (Å²) in [5, 5.41) is 11.1. The zero-order chi connectivity index (χ0) is 32.7. The van der Waals surface area contributed by atoms with Crippen LogP contribution in [0.1, 0.15) is 19.4 Å². The first-order valence-corrected chi connectivity index (χ1v) is 16.3. The van der Waals surface area contributed by atoms with Gasteiger partial charge in [0, 0.05) is 5.92 Å². The Balaban J connectivity index is 1.18. The third kappa shape index (κ3) is 5.34. The van der Waals surface area contributed by atoms with Crippen molar-refractivity contribution >= 4 is 49.9 Å². The maximum atomic E-state index is 13.1. The number of ether oxygens (including phenoxy) is 2. The highest BCUT2D eigenvalue weighted by Crippen LogP contribution is 2.52. The Morgan fingerprint density at radius 1 is 0.848 bits per heavy atom. The number of H-pyrrole nitrogens is 2. The highest BCUT2D eigenvalue weighted by Gasteiger charge is 2.51. The Labute approximate surface area is 254 Å². The van der Waals surface area contributed by atoms with Gasteiger partial charge < -0.3 is 53.9 Å². The van der Waals surface area contributed by atoms with E-state index in [1.54, 1.807) is 0 Å². The second kappa shape index (κ2) is 11.0. The molecule has 7 N–H and O–H groups in total. The Bertz CT molecular complexity index is 1900. The van der Waals surface area contributed by atoms with E-state index in [9.17, 15) is 33.6 Å². The van der Waals surface area contributed by atoms with Gasteiger partial charge in [-0.15, -0.1) is 0 Å². The molecule has 7 heterocycles. The first-order valence-electron chi connectivity index (χ1n) is 13.4. The van der Waals surface area contributed by atoms with Gasteiger partial charge in [0.1, 0.15) is 36.7 Å². The number of imidazole rings is 2. The van der Waals surface area contributed by atoms with Crippen LogP contribution >= 0.6 is 15.6 Å². The molecule has 4 aromatic heterocycles. The molecule has 46 heavy (non-hydrogen) atoms. The van der Waals surface area contributed by atoms with Crippen molar-refractivity contribution in [3.63, 3.8) is 0 Å². The Kier molecular flexibility index (Phi) is 7.41. The lowest BCUT2D eigenvalue weighted by Crippen LogP contribution is -2.39. The number of nitrogens with zero attached hydrogens (tertiary/aromatic N) is 6. The highest BCUT2D eigenvalue weighted by molar-refractivity contribution is 7.46. The summed E-state index contributed by atoms with van der Waals surface area (Å²) in [6.07, 6.45) is -8.13. The van der Waals surface area contributed by atoms with Gasteiger partial charge in [0.2, 0.25) is 11.9 Å². The highest BCUT2D eigenvalue weighted by atomic mass is 31.2. The predicted molar refractivity (Wildman–Crippen MR) is 145 cm³/mol. The molecule has 248 valence electrons. The third-order valence-corrected chi connectivity index (χ3v) is 9.64. The molecule has 0 amide bonds. The maximum absolute atomic E-state index is 13.1. The summed E-state index contributed by atoms with van der Waals surface area (Å²) >= 11 is 0. The minimum Gasteiger partial charge on any atom is -0.756 e. The van der Waals surface area contributed by atoms with Crippen LogP contribution in [0.15, 0.2) is 22.2 Å². The van der Waals surface area contributed by atoms with Gasteiger partial charge in [-0.3, -0.25) is 37.8 Å². The summed E-state index contributed by atoms with van der Waals surface area (Å²) < 4.78 is 60.9. The van der Waals surface area contributed by atoms with Crippen LogP contribution in [-0.4, -0.2) is 87.9 Å². The quantitative estimate of drug-likeness (QED) is 0.131. The van der Waals surface area contributed by atoms with E-state index < -0.39 is 88.9 Å². The van der Waals surface area contributed by atoms with E-state index in [-0.39, 0.29) is 34.2 Å². The fraction of sp³-hybridized carbons (Fsp3) is 0.524. The summed E-state index contributed by atoms with van der Waals surface area (Å²) in [7, 11) is -10.5. The molecule has 0 saturated carbocycles. The molecular weight excluding hydrogens is 662 g/mol. The number of aromatic amines is 2. The number of aromatic nitrogens is 8. The van der Waals surface area contributed by atoms with Crippen molar-refractivity contribution in [2.75, 3.05) is 24.7 Å². The number of anilines is 2. The van der Waals surface area contributed by atoms with E-state index in [0.717, 1.165) is 10.9 Å². The van der Waals surface area contributed by atoms with Gasteiger partial charge in [0.15, 0.2) is 28.6 Å². The fourth-order valence-electron chi connectivity index (χ4n) is 5.66. The first kappa shape index (κ1) is 31.0. The van der Waals surface area contributed by atoms with Crippen molar-refractivity contribution in [2.45, 2.75) is 49.9 Å². The Hall–Kier alpha value is -3.60. The largest absolute Gasteiger partial charge is 0.756 e. The zero-order valence-electron chi connectivity index (χ0n) is 23.3. The Morgan fingerprint density at radius 2 is 1.30 bits per heavy atom. The number of phosphoric acid groups is 2. The van der Waals surface area contributed by atoms with Crippen LogP contribution in [0, 0.1) is 5.92 Å². The summed E-state index contributed by atoms with van der Waals surface area (Å²) in [5.41, 5.74) is 9.61. The number of hydrogen-bond donors (Lipinski definition) is 5. The molecule has 3 fully saturated rings. The lowest BCUT2D eigenvalue weighted by Gasteiger charge is -2.34. The maximum Gasteiger partial charge on any atom is 0.280 e. The van der Waals surface area contributed by atoms with E-state index in [0.29, 0.717) is 0 Å². The summed E-state index contributed by atoms with van der Waals surface area (Å²) in [4.78, 5) is 71.1. The third-order valence-electron chi connectivity index (χ3n) is 7.70. The second-order valence-corrected chi connectivity index (χ2v) is 13.4. The van der Waals surface area contributed by atoms with E-state index in [1.807, 2.05) is 0 Å². The number of aliphatic hydroxyl groups excluding tert-OH is 1. The topological polar surface area (TPSA) is 335 Å². The van der Waals surface area contributed by atoms with Crippen LogP contribution in [0.5, 0.6) is 0 Å². The Morgan fingerprint density at radius 3 is 1.85 bits per heavy atom. The van der Waals surface area contributed by atoms with Gasteiger partial charge in [-0.05, 0) is 0 Å². The van der Waals surface area contributed by atoms with Gasteiger partial charge in [-0.2, -0.15) is 9.97 Å². The second-order valence-electron chi connectivity index (χ2n) is 10.7. The SMILES string of the molecule is CC1[C@H]2OP(=O)([O-])OC[C@H]3O[C@@H](n4cnc5c(=O)[nH]c(N)nc54)C(O)[C@H]3OP(=O)([O-])OC[C@H]2O[C@H]1n1cnc2c(=O)[nH]c(N)nc21. The fourth-order valence-corrected chi connectivity index (χ4v) is 7.62. The van der Waals surface area contributed by atoms with Gasteiger partial charge in [0.05, 0.1) is 25.9 Å². The molecular formula is C21H24N10O13P2-2. The minimum atomic E-state index is -5.28. The van der Waals surface area contributed by atoms with Crippen LogP contribution in [0.2, 0.25) is 0 Å². The zero-order valence-corrected chi connectivity index (χ0v) is 25.1. The van der Waals surface area contributed by atoms with Gasteiger partial charge in [-0.1, -0.05) is 6.92 Å². The molecule has 3 aliphatic heterocycles. The van der Waals surface area contributed by atoms with E-state index >= 15 is 0 Å². The predicted octanol–water partition coefficient (Wildman–Crippen LogP) is -3.04. The van der Waals surface area contributed by atoms with Crippen LogP contribution in [0.25, 0.3) is 22.3 Å². The lowest BCUT2D eigenvalue weighted by molar-refractivity contribution is -0.244. The van der Waals surface area contributed by atoms with E-state index in [1.165, 1.54) is 17.8 Å². The van der Waals surface area contributed by atoms with Crippen molar-refractivity contribution < 1.29 is 51.6 Å². The average Bonchev–Trinajstić information content (AvgIpc) is 3.72. The smallest absolute Gasteiger partial charge is 0.280 e. The molecule has 4 aromatic rings. The van der Waals surface area contributed by atoms with Crippen molar-refractivity contribution in [2.24, 2.45) is 5.92 Å². The summed E-state index contributed by atoms with van der Waals surface area (Å²) in [5.74, 6) is -1.35. The number of phosphoric ester groups is 2. The van der Waals surface area contributed by atoms with Gasteiger partial charge >= 0.3 is 0 Å². The number of nitrogens with two attached hydrogens (primary N) is 2. The van der Waals surface area contributed by atoms with Crippen molar-refractivity contribution in [1.82, 2.24) is 39.0 Å². The number of aliphatic hydroxyl groups is 1. The van der Waals surface area contributed by atoms with E-state index in [4.69, 9.17) is 39.0 Å². The van der Waals surface area contributed by atoms with Crippen LogP contribution in [-0.2, 0) is 36.7 Å². The van der Waals surface area contributed by atoms with E-state index in [2.05, 4.69) is 29.9 Å². The monoisotopic (exact) mass is 686 g/mol. The molecule has 10 atom stereocenters. The van der Waals surface area contributed by atoms with Crippen molar-refractivity contribution in [1.29, 1.82) is 0 Å². The average molecular weight is 686 g/mol. The molecule has 0 aliphatic carbocycles. The number of nitrogens with one attached hydrogen (secondary N) is 2. The number of hydrogen-bond acceptors (Lipinski definition) is 19. The molecule has 0 spiro atoms.